The number of aromatic nitrogens is 2. The molecule has 2 aromatic heterocycles. The van der Waals surface area contributed by atoms with E-state index in [9.17, 15) is 8.78 Å². The van der Waals surface area contributed by atoms with Crippen molar-refractivity contribution >= 4 is 34.0 Å². The summed E-state index contributed by atoms with van der Waals surface area (Å²) < 4.78 is 29.1. The first-order valence-corrected chi connectivity index (χ1v) is 7.53. The summed E-state index contributed by atoms with van der Waals surface area (Å²) in [4.78, 5) is 5.37. The number of fused-ring (bicyclic) bond motifs is 1. The molecular formula is C14H11ClF2N2S. The molecule has 6 heteroatoms. The molecule has 0 bridgehead atoms. The Hall–Kier alpha value is -1.46. The minimum absolute atomic E-state index is 0.197. The van der Waals surface area contributed by atoms with E-state index in [2.05, 4.69) is 4.98 Å². The number of nitrogens with zero attached hydrogens (tertiary/aromatic N) is 2. The molecule has 0 saturated heterocycles. The molecule has 0 spiro atoms. The molecule has 3 rings (SSSR count). The second-order valence-electron chi connectivity index (χ2n) is 4.39. The Balaban J connectivity index is 2.17. The lowest BCUT2D eigenvalue weighted by atomic mass is 10.3. The van der Waals surface area contributed by atoms with Crippen LogP contribution >= 0.6 is 22.9 Å². The highest BCUT2D eigenvalue weighted by Crippen LogP contribution is 2.23. The van der Waals surface area contributed by atoms with Gasteiger partial charge in [-0.2, -0.15) is 0 Å². The molecule has 0 saturated carbocycles. The number of rotatable bonds is 4. The van der Waals surface area contributed by atoms with E-state index < -0.39 is 11.6 Å². The van der Waals surface area contributed by atoms with Gasteiger partial charge in [0.05, 0.1) is 12.1 Å². The zero-order chi connectivity index (χ0) is 14.1. The summed E-state index contributed by atoms with van der Waals surface area (Å²) in [5.74, 6) is -0.175. The maximum Gasteiger partial charge on any atom is 0.153 e. The van der Waals surface area contributed by atoms with E-state index >= 15 is 0 Å². The van der Waals surface area contributed by atoms with Crippen molar-refractivity contribution in [2.45, 2.75) is 13.0 Å². The first-order chi connectivity index (χ1) is 9.69. The largest absolute Gasteiger partial charge is 0.322 e. The van der Waals surface area contributed by atoms with Gasteiger partial charge in [0.25, 0.3) is 0 Å². The van der Waals surface area contributed by atoms with Crippen molar-refractivity contribution in [2.75, 3.05) is 5.88 Å². The summed E-state index contributed by atoms with van der Waals surface area (Å²) in [6, 6.07) is 6.10. The zero-order valence-corrected chi connectivity index (χ0v) is 12.0. The van der Waals surface area contributed by atoms with Crippen LogP contribution in [0.5, 0.6) is 0 Å². The molecule has 0 N–H and O–H groups in total. The molecule has 0 radical (unpaired) electrons. The number of hydrogen-bond acceptors (Lipinski definition) is 2. The van der Waals surface area contributed by atoms with Gasteiger partial charge in [-0.15, -0.1) is 22.9 Å². The van der Waals surface area contributed by atoms with E-state index in [0.29, 0.717) is 30.2 Å². The molecule has 0 amide bonds. The Bertz CT molecular complexity index is 737. The monoisotopic (exact) mass is 312 g/mol. The normalized spacial score (nSPS) is 11.3. The minimum atomic E-state index is -0.638. The Kier molecular flexibility index (Phi) is 3.72. The summed E-state index contributed by atoms with van der Waals surface area (Å²) in [6.07, 6.45) is 0.517. The Labute approximate surface area is 123 Å². The van der Waals surface area contributed by atoms with E-state index in [1.165, 1.54) is 6.07 Å². The van der Waals surface area contributed by atoms with Crippen molar-refractivity contribution in [1.29, 1.82) is 0 Å². The SMILES string of the molecule is Fc1cc(F)c2nc(CCCl)n(Cc3cccs3)c2c1. The van der Waals surface area contributed by atoms with Crippen molar-refractivity contribution in [3.63, 3.8) is 0 Å². The molecule has 2 heterocycles. The summed E-state index contributed by atoms with van der Waals surface area (Å²) in [7, 11) is 0. The highest BCUT2D eigenvalue weighted by Gasteiger charge is 2.15. The van der Waals surface area contributed by atoms with Crippen molar-refractivity contribution in [2.24, 2.45) is 0 Å². The van der Waals surface area contributed by atoms with Gasteiger partial charge in [-0.1, -0.05) is 6.07 Å². The fourth-order valence-electron chi connectivity index (χ4n) is 2.21. The number of benzene rings is 1. The van der Waals surface area contributed by atoms with Gasteiger partial charge in [0, 0.05) is 23.2 Å². The van der Waals surface area contributed by atoms with Crippen molar-refractivity contribution in [3.8, 4) is 0 Å². The summed E-state index contributed by atoms with van der Waals surface area (Å²) >= 11 is 7.37. The number of imidazole rings is 1. The highest BCUT2D eigenvalue weighted by molar-refractivity contribution is 7.09. The second-order valence-corrected chi connectivity index (χ2v) is 5.80. The van der Waals surface area contributed by atoms with Gasteiger partial charge in [-0.3, -0.25) is 0 Å². The number of halogens is 3. The first-order valence-electron chi connectivity index (χ1n) is 6.11. The van der Waals surface area contributed by atoms with Crippen LogP contribution in [0.2, 0.25) is 0 Å². The predicted molar refractivity (Wildman–Crippen MR) is 77.5 cm³/mol. The van der Waals surface area contributed by atoms with E-state index in [0.717, 1.165) is 10.9 Å². The minimum Gasteiger partial charge on any atom is -0.322 e. The van der Waals surface area contributed by atoms with Gasteiger partial charge >= 0.3 is 0 Å². The van der Waals surface area contributed by atoms with E-state index in [1.807, 2.05) is 22.1 Å². The summed E-state index contributed by atoms with van der Waals surface area (Å²) in [5, 5.41) is 1.97. The maximum atomic E-state index is 13.8. The standard InChI is InChI=1S/C14H11ClF2N2S/c15-4-3-13-18-14-11(17)6-9(16)7-12(14)19(13)8-10-2-1-5-20-10/h1-2,5-7H,3-4,8H2. The first kappa shape index (κ1) is 13.5. The van der Waals surface area contributed by atoms with Gasteiger partial charge in [-0.25, -0.2) is 13.8 Å². The lowest BCUT2D eigenvalue weighted by Crippen LogP contribution is -2.05. The second kappa shape index (κ2) is 5.50. The quantitative estimate of drug-likeness (QED) is 0.660. The molecule has 0 aliphatic heterocycles. The van der Waals surface area contributed by atoms with Crippen molar-refractivity contribution in [1.82, 2.24) is 9.55 Å². The van der Waals surface area contributed by atoms with Crippen LogP contribution in [0.15, 0.2) is 29.6 Å². The lowest BCUT2D eigenvalue weighted by molar-refractivity contribution is 0.590. The van der Waals surface area contributed by atoms with Crippen LogP contribution in [0.3, 0.4) is 0 Å². The number of thiophene rings is 1. The van der Waals surface area contributed by atoms with Gasteiger partial charge in [0.15, 0.2) is 5.82 Å². The molecule has 0 fully saturated rings. The smallest absolute Gasteiger partial charge is 0.153 e. The topological polar surface area (TPSA) is 17.8 Å². The molecule has 104 valence electrons. The predicted octanol–water partition coefficient (Wildman–Crippen LogP) is 4.21. The molecule has 0 aliphatic carbocycles. The highest BCUT2D eigenvalue weighted by atomic mass is 35.5. The molecule has 20 heavy (non-hydrogen) atoms. The van der Waals surface area contributed by atoms with Crippen LogP contribution in [-0.4, -0.2) is 15.4 Å². The fourth-order valence-corrected chi connectivity index (χ4v) is 3.07. The molecule has 0 unspecified atom stereocenters. The zero-order valence-electron chi connectivity index (χ0n) is 10.4. The van der Waals surface area contributed by atoms with Crippen molar-refractivity contribution in [3.05, 3.63) is 52.0 Å². The molecule has 3 aromatic rings. The van der Waals surface area contributed by atoms with Gasteiger partial charge in [0.1, 0.15) is 17.2 Å². The number of aryl methyl sites for hydroxylation is 1. The van der Waals surface area contributed by atoms with E-state index in [-0.39, 0.29) is 5.52 Å². The van der Waals surface area contributed by atoms with Crippen LogP contribution in [0.4, 0.5) is 8.78 Å². The molecule has 0 aliphatic rings. The van der Waals surface area contributed by atoms with E-state index in [1.54, 1.807) is 11.3 Å². The summed E-state index contributed by atoms with van der Waals surface area (Å²) in [5.41, 5.74) is 0.666. The lowest BCUT2D eigenvalue weighted by Gasteiger charge is -2.07. The number of hydrogen-bond donors (Lipinski definition) is 0. The van der Waals surface area contributed by atoms with Crippen LogP contribution in [0, 0.1) is 11.6 Å². The van der Waals surface area contributed by atoms with Crippen LogP contribution < -0.4 is 0 Å². The molecule has 0 atom stereocenters. The Morgan fingerprint density at radius 1 is 1.30 bits per heavy atom. The Morgan fingerprint density at radius 3 is 2.85 bits per heavy atom. The van der Waals surface area contributed by atoms with Gasteiger partial charge < -0.3 is 4.57 Å². The Morgan fingerprint density at radius 2 is 2.15 bits per heavy atom. The average Bonchev–Trinajstić information content (AvgIpc) is 3.01. The van der Waals surface area contributed by atoms with Gasteiger partial charge in [0.2, 0.25) is 0 Å². The molecule has 1 aromatic carbocycles. The van der Waals surface area contributed by atoms with Crippen molar-refractivity contribution < 1.29 is 8.78 Å². The number of alkyl halides is 1. The molecular weight excluding hydrogens is 302 g/mol. The van der Waals surface area contributed by atoms with Crippen LogP contribution in [0.25, 0.3) is 11.0 Å². The van der Waals surface area contributed by atoms with Crippen LogP contribution in [-0.2, 0) is 13.0 Å². The summed E-state index contributed by atoms with van der Waals surface area (Å²) in [6.45, 7) is 0.545. The van der Waals surface area contributed by atoms with E-state index in [4.69, 9.17) is 11.6 Å². The maximum absolute atomic E-state index is 13.8. The third-order valence-electron chi connectivity index (χ3n) is 3.06. The third kappa shape index (κ3) is 2.43. The van der Waals surface area contributed by atoms with Crippen LogP contribution in [0.1, 0.15) is 10.7 Å². The van der Waals surface area contributed by atoms with Gasteiger partial charge in [-0.05, 0) is 17.5 Å². The third-order valence-corrected chi connectivity index (χ3v) is 4.11. The fraction of sp³-hybridized carbons (Fsp3) is 0.214. The molecule has 2 nitrogen and oxygen atoms in total. The average molecular weight is 313 g/mol.